The van der Waals surface area contributed by atoms with Crippen molar-refractivity contribution in [1.29, 1.82) is 0 Å². The average molecular weight is 288 g/mol. The van der Waals surface area contributed by atoms with E-state index in [2.05, 4.69) is 0 Å². The molecule has 2 aliphatic rings. The van der Waals surface area contributed by atoms with Crippen LogP contribution in [-0.2, 0) is 6.18 Å². The highest BCUT2D eigenvalue weighted by molar-refractivity contribution is 5.53. The summed E-state index contributed by atoms with van der Waals surface area (Å²) in [4.78, 5) is 1.93. The summed E-state index contributed by atoms with van der Waals surface area (Å²) in [6.45, 7) is 0. The lowest BCUT2D eigenvalue weighted by atomic mass is 9.97. The number of piperidine rings is 1. The van der Waals surface area contributed by atoms with E-state index in [1.165, 1.54) is 6.07 Å². The molecule has 6 heteroatoms. The first-order valence-corrected chi connectivity index (χ1v) is 6.77. The van der Waals surface area contributed by atoms with Crippen molar-refractivity contribution < 1.29 is 17.6 Å². The Morgan fingerprint density at radius 2 is 1.70 bits per heavy atom. The van der Waals surface area contributed by atoms with E-state index in [9.17, 15) is 17.6 Å². The molecule has 2 N–H and O–H groups in total. The van der Waals surface area contributed by atoms with E-state index in [0.717, 1.165) is 31.7 Å². The van der Waals surface area contributed by atoms with Gasteiger partial charge in [0.15, 0.2) is 0 Å². The Bertz CT molecular complexity index is 500. The lowest BCUT2D eigenvalue weighted by Crippen LogP contribution is -2.47. The minimum Gasteiger partial charge on any atom is -0.363 e. The van der Waals surface area contributed by atoms with Crippen LogP contribution in [0.1, 0.15) is 31.2 Å². The molecule has 2 atom stereocenters. The van der Waals surface area contributed by atoms with E-state index in [-0.39, 0.29) is 23.8 Å². The van der Waals surface area contributed by atoms with Gasteiger partial charge in [-0.05, 0) is 43.9 Å². The zero-order chi connectivity index (χ0) is 14.5. The fraction of sp³-hybridized carbons (Fsp3) is 0.571. The number of anilines is 1. The maximum atomic E-state index is 14.1. The predicted octanol–water partition coefficient (Wildman–Crippen LogP) is 3.30. The largest absolute Gasteiger partial charge is 0.416 e. The molecule has 1 aromatic carbocycles. The average Bonchev–Trinajstić information content (AvgIpc) is 2.61. The van der Waals surface area contributed by atoms with Gasteiger partial charge < -0.3 is 10.6 Å². The van der Waals surface area contributed by atoms with Crippen molar-refractivity contribution in [3.05, 3.63) is 29.6 Å². The molecule has 0 aliphatic carbocycles. The number of alkyl halides is 3. The van der Waals surface area contributed by atoms with Gasteiger partial charge in [-0.3, -0.25) is 0 Å². The summed E-state index contributed by atoms with van der Waals surface area (Å²) in [5, 5.41) is 0. The summed E-state index contributed by atoms with van der Waals surface area (Å²) in [5.74, 6) is -0.799. The number of nitrogens with two attached hydrogens (primary N) is 1. The number of fused-ring (bicyclic) bond motifs is 2. The maximum absolute atomic E-state index is 14.1. The van der Waals surface area contributed by atoms with Gasteiger partial charge in [-0.1, -0.05) is 0 Å². The molecule has 3 rings (SSSR count). The predicted molar refractivity (Wildman–Crippen MR) is 67.9 cm³/mol. The SMILES string of the molecule is NC1CC2CCC(C1)N2c1ccc(C(F)(F)F)cc1F. The van der Waals surface area contributed by atoms with Gasteiger partial charge in [0.2, 0.25) is 0 Å². The van der Waals surface area contributed by atoms with Crippen molar-refractivity contribution in [2.75, 3.05) is 4.90 Å². The summed E-state index contributed by atoms with van der Waals surface area (Å²) in [6, 6.07) is 3.20. The third-order valence-corrected chi connectivity index (χ3v) is 4.32. The highest BCUT2D eigenvalue weighted by atomic mass is 19.4. The van der Waals surface area contributed by atoms with Crippen molar-refractivity contribution in [3.63, 3.8) is 0 Å². The van der Waals surface area contributed by atoms with Crippen LogP contribution in [0, 0.1) is 5.82 Å². The molecule has 20 heavy (non-hydrogen) atoms. The maximum Gasteiger partial charge on any atom is 0.416 e. The van der Waals surface area contributed by atoms with Crippen LogP contribution < -0.4 is 10.6 Å². The molecular formula is C14H16F4N2. The zero-order valence-corrected chi connectivity index (χ0v) is 10.8. The van der Waals surface area contributed by atoms with E-state index in [0.29, 0.717) is 6.07 Å². The quantitative estimate of drug-likeness (QED) is 0.803. The smallest absolute Gasteiger partial charge is 0.363 e. The third-order valence-electron chi connectivity index (χ3n) is 4.32. The number of rotatable bonds is 1. The molecule has 0 radical (unpaired) electrons. The van der Waals surface area contributed by atoms with Crippen LogP contribution >= 0.6 is 0 Å². The second-order valence-corrected chi connectivity index (χ2v) is 5.69. The van der Waals surface area contributed by atoms with Gasteiger partial charge in [0.05, 0.1) is 11.3 Å². The van der Waals surface area contributed by atoms with Crippen LogP contribution in [0.25, 0.3) is 0 Å². The van der Waals surface area contributed by atoms with Crippen molar-refractivity contribution in [1.82, 2.24) is 0 Å². The van der Waals surface area contributed by atoms with Gasteiger partial charge in [0.1, 0.15) is 5.82 Å². The normalized spacial score (nSPS) is 29.9. The van der Waals surface area contributed by atoms with Crippen LogP contribution in [0.4, 0.5) is 23.2 Å². The second kappa shape index (κ2) is 4.62. The molecule has 1 aromatic rings. The first kappa shape index (κ1) is 13.7. The molecule has 2 unspecified atom stereocenters. The summed E-state index contributed by atoms with van der Waals surface area (Å²) < 4.78 is 51.7. The number of hydrogen-bond donors (Lipinski definition) is 1. The first-order chi connectivity index (χ1) is 9.36. The Labute approximate surface area is 114 Å². The van der Waals surface area contributed by atoms with Gasteiger partial charge in [0, 0.05) is 18.1 Å². The number of benzene rings is 1. The van der Waals surface area contributed by atoms with Crippen LogP contribution in [-0.4, -0.2) is 18.1 Å². The summed E-state index contributed by atoms with van der Waals surface area (Å²) >= 11 is 0. The molecule has 2 fully saturated rings. The van der Waals surface area contributed by atoms with Crippen LogP contribution in [0.2, 0.25) is 0 Å². The second-order valence-electron chi connectivity index (χ2n) is 5.69. The van der Waals surface area contributed by atoms with E-state index >= 15 is 0 Å². The fourth-order valence-electron chi connectivity index (χ4n) is 3.51. The Kier molecular flexibility index (Phi) is 3.16. The molecule has 110 valence electrons. The van der Waals surface area contributed by atoms with Crippen LogP contribution in [0.3, 0.4) is 0 Å². The van der Waals surface area contributed by atoms with Crippen molar-refractivity contribution in [2.24, 2.45) is 5.73 Å². The number of nitrogens with zero attached hydrogens (tertiary/aromatic N) is 1. The number of halogens is 4. The summed E-state index contributed by atoms with van der Waals surface area (Å²) in [6.07, 6.45) is -1.10. The summed E-state index contributed by atoms with van der Waals surface area (Å²) in [7, 11) is 0. The molecule has 2 saturated heterocycles. The molecule has 0 amide bonds. The van der Waals surface area contributed by atoms with Crippen LogP contribution in [0.5, 0.6) is 0 Å². The van der Waals surface area contributed by atoms with Crippen molar-refractivity contribution in [3.8, 4) is 0 Å². The number of hydrogen-bond acceptors (Lipinski definition) is 2. The van der Waals surface area contributed by atoms with Gasteiger partial charge in [0.25, 0.3) is 0 Å². The van der Waals surface area contributed by atoms with Gasteiger partial charge >= 0.3 is 6.18 Å². The first-order valence-electron chi connectivity index (χ1n) is 6.77. The molecule has 0 aromatic heterocycles. The zero-order valence-electron chi connectivity index (χ0n) is 10.8. The molecule has 2 bridgehead atoms. The van der Waals surface area contributed by atoms with Crippen molar-refractivity contribution in [2.45, 2.75) is 50.0 Å². The molecule has 0 saturated carbocycles. The molecule has 0 spiro atoms. The van der Waals surface area contributed by atoms with E-state index in [1.54, 1.807) is 0 Å². The Morgan fingerprint density at radius 3 is 2.20 bits per heavy atom. The lowest BCUT2D eigenvalue weighted by molar-refractivity contribution is -0.137. The highest BCUT2D eigenvalue weighted by Crippen LogP contribution is 2.41. The van der Waals surface area contributed by atoms with Gasteiger partial charge in [-0.15, -0.1) is 0 Å². The topological polar surface area (TPSA) is 29.3 Å². The summed E-state index contributed by atoms with van der Waals surface area (Å²) in [5.41, 5.74) is 5.28. The van der Waals surface area contributed by atoms with E-state index in [1.807, 2.05) is 4.90 Å². The Hall–Kier alpha value is -1.30. The van der Waals surface area contributed by atoms with Gasteiger partial charge in [-0.2, -0.15) is 13.2 Å². The Balaban J connectivity index is 1.92. The standard InChI is InChI=1S/C14H16F4N2/c15-12-5-8(14(16,17)18)1-4-13(12)20-10-2-3-11(20)7-9(19)6-10/h1,4-5,9-11H,2-3,6-7,19H2. The Morgan fingerprint density at radius 1 is 1.10 bits per heavy atom. The van der Waals surface area contributed by atoms with Gasteiger partial charge in [-0.25, -0.2) is 4.39 Å². The van der Waals surface area contributed by atoms with E-state index < -0.39 is 17.6 Å². The monoisotopic (exact) mass is 288 g/mol. The minimum absolute atomic E-state index is 0.112. The fourth-order valence-corrected chi connectivity index (χ4v) is 3.51. The molecule has 2 aliphatic heterocycles. The lowest BCUT2D eigenvalue weighted by Gasteiger charge is -2.39. The third kappa shape index (κ3) is 2.26. The molecular weight excluding hydrogens is 272 g/mol. The highest BCUT2D eigenvalue weighted by Gasteiger charge is 2.41. The molecule has 2 heterocycles. The molecule has 2 nitrogen and oxygen atoms in total. The minimum atomic E-state index is -4.51. The van der Waals surface area contributed by atoms with Crippen LogP contribution in [0.15, 0.2) is 18.2 Å². The van der Waals surface area contributed by atoms with E-state index in [4.69, 9.17) is 5.73 Å². The van der Waals surface area contributed by atoms with Crippen molar-refractivity contribution >= 4 is 5.69 Å².